The first-order valence-corrected chi connectivity index (χ1v) is 4.45. The van der Waals surface area contributed by atoms with Crippen LogP contribution in [0, 0.1) is 11.8 Å². The van der Waals surface area contributed by atoms with Gasteiger partial charge in [0.05, 0.1) is 11.8 Å². The summed E-state index contributed by atoms with van der Waals surface area (Å²) in [6, 6.07) is -1.89. The lowest BCUT2D eigenvalue weighted by Gasteiger charge is -2.20. The van der Waals surface area contributed by atoms with Crippen LogP contribution in [0.1, 0.15) is 0 Å². The fourth-order valence-electron chi connectivity index (χ4n) is 2.20. The number of carbonyl (C=O) groups excluding carboxylic acids is 2. The summed E-state index contributed by atoms with van der Waals surface area (Å²) in [6.45, 7) is -0.0796. The summed E-state index contributed by atoms with van der Waals surface area (Å²) in [4.78, 5) is 23.6. The number of imide groups is 1. The number of alkyl halides is 3. The fraction of sp³-hybridized carbons (Fsp3) is 0.750. The number of nitrogens with zero attached hydrogens (tertiary/aromatic N) is 1. The van der Waals surface area contributed by atoms with Crippen molar-refractivity contribution in [1.82, 2.24) is 10.2 Å². The van der Waals surface area contributed by atoms with E-state index in [0.717, 1.165) is 4.90 Å². The van der Waals surface area contributed by atoms with Crippen molar-refractivity contribution >= 4 is 11.8 Å². The van der Waals surface area contributed by atoms with Crippen molar-refractivity contribution in [3.8, 4) is 0 Å². The number of halogens is 3. The summed E-state index contributed by atoms with van der Waals surface area (Å²) < 4.78 is 37.4. The largest absolute Gasteiger partial charge is 0.404 e. The molecule has 0 radical (unpaired) electrons. The quantitative estimate of drug-likeness (QED) is 0.575. The van der Waals surface area contributed by atoms with Crippen LogP contribution in [-0.4, -0.2) is 42.5 Å². The highest BCUT2D eigenvalue weighted by atomic mass is 19.4. The number of likely N-dealkylation sites (tertiary alicyclic amines) is 1. The van der Waals surface area contributed by atoms with E-state index in [0.29, 0.717) is 0 Å². The summed E-state index contributed by atoms with van der Waals surface area (Å²) in [5.41, 5.74) is 0. The van der Waals surface area contributed by atoms with Crippen molar-refractivity contribution in [3.63, 3.8) is 0 Å². The summed E-state index contributed by atoms with van der Waals surface area (Å²) in [7, 11) is 1.22. The van der Waals surface area contributed by atoms with Gasteiger partial charge >= 0.3 is 6.18 Å². The van der Waals surface area contributed by atoms with Crippen LogP contribution < -0.4 is 5.32 Å². The summed E-state index contributed by atoms with van der Waals surface area (Å²) in [5, 5.41) is 2.19. The van der Waals surface area contributed by atoms with Crippen LogP contribution in [0.3, 0.4) is 0 Å². The second-order valence-electron chi connectivity index (χ2n) is 3.80. The van der Waals surface area contributed by atoms with Gasteiger partial charge in [0.15, 0.2) is 0 Å². The highest BCUT2D eigenvalue weighted by molar-refractivity contribution is 6.05. The Morgan fingerprint density at radius 2 is 1.93 bits per heavy atom. The summed E-state index contributed by atoms with van der Waals surface area (Å²) >= 11 is 0. The SMILES string of the molecule is CN1C(=O)C2CNC(C(F)(F)F)C2C1=O. The van der Waals surface area contributed by atoms with E-state index in [4.69, 9.17) is 0 Å². The third-order valence-corrected chi connectivity index (χ3v) is 2.97. The van der Waals surface area contributed by atoms with Crippen LogP contribution in [0.2, 0.25) is 0 Å². The molecule has 4 nitrogen and oxygen atoms in total. The average Bonchev–Trinajstić information content (AvgIpc) is 2.63. The van der Waals surface area contributed by atoms with Gasteiger partial charge in [-0.3, -0.25) is 14.5 Å². The van der Waals surface area contributed by atoms with E-state index in [9.17, 15) is 22.8 Å². The fourth-order valence-corrected chi connectivity index (χ4v) is 2.20. The number of rotatable bonds is 0. The summed E-state index contributed by atoms with van der Waals surface area (Å²) in [5.74, 6) is -3.39. The molecule has 0 bridgehead atoms. The molecule has 2 aliphatic heterocycles. The zero-order valence-corrected chi connectivity index (χ0v) is 7.84. The van der Waals surface area contributed by atoms with Gasteiger partial charge in [-0.15, -0.1) is 0 Å². The molecule has 3 unspecified atom stereocenters. The third kappa shape index (κ3) is 1.33. The van der Waals surface area contributed by atoms with Crippen molar-refractivity contribution in [2.75, 3.05) is 13.6 Å². The second-order valence-corrected chi connectivity index (χ2v) is 3.80. The predicted octanol–water partition coefficient (Wildman–Crippen LogP) is -0.249. The second kappa shape index (κ2) is 2.94. The van der Waals surface area contributed by atoms with Crippen molar-refractivity contribution in [3.05, 3.63) is 0 Å². The molecule has 0 saturated carbocycles. The van der Waals surface area contributed by atoms with Gasteiger partial charge in [-0.2, -0.15) is 13.2 Å². The zero-order chi connectivity index (χ0) is 11.4. The maximum absolute atomic E-state index is 12.5. The Bertz CT molecular complexity index is 328. The molecule has 1 N–H and O–H groups in total. The molecule has 0 spiro atoms. The van der Waals surface area contributed by atoms with Crippen molar-refractivity contribution in [1.29, 1.82) is 0 Å². The molecule has 0 aromatic heterocycles. The molecule has 2 fully saturated rings. The van der Waals surface area contributed by atoms with E-state index < -0.39 is 35.9 Å². The third-order valence-electron chi connectivity index (χ3n) is 2.97. The molecule has 2 rings (SSSR count). The average molecular weight is 222 g/mol. The van der Waals surface area contributed by atoms with E-state index in [1.54, 1.807) is 0 Å². The minimum absolute atomic E-state index is 0.0796. The maximum atomic E-state index is 12.5. The molecule has 84 valence electrons. The molecule has 0 aliphatic carbocycles. The number of hydrogen-bond acceptors (Lipinski definition) is 3. The van der Waals surface area contributed by atoms with E-state index in [1.807, 2.05) is 0 Å². The van der Waals surface area contributed by atoms with Gasteiger partial charge in [0.25, 0.3) is 0 Å². The maximum Gasteiger partial charge on any atom is 0.404 e. The molecule has 0 aromatic carbocycles. The zero-order valence-electron chi connectivity index (χ0n) is 7.84. The topological polar surface area (TPSA) is 49.4 Å². The highest BCUT2D eigenvalue weighted by Gasteiger charge is 2.60. The van der Waals surface area contributed by atoms with E-state index in [2.05, 4.69) is 5.32 Å². The number of nitrogens with one attached hydrogen (secondary N) is 1. The first kappa shape index (κ1) is 10.4. The Kier molecular flexibility index (Phi) is 2.04. The van der Waals surface area contributed by atoms with Crippen LogP contribution in [-0.2, 0) is 9.59 Å². The highest BCUT2D eigenvalue weighted by Crippen LogP contribution is 2.39. The smallest absolute Gasteiger partial charge is 0.305 e. The van der Waals surface area contributed by atoms with Crippen molar-refractivity contribution in [2.45, 2.75) is 12.2 Å². The van der Waals surface area contributed by atoms with Gasteiger partial charge < -0.3 is 5.32 Å². The van der Waals surface area contributed by atoms with Crippen LogP contribution in [0.5, 0.6) is 0 Å². The van der Waals surface area contributed by atoms with Crippen molar-refractivity contribution < 1.29 is 22.8 Å². The normalized spacial score (nSPS) is 36.3. The molecule has 15 heavy (non-hydrogen) atoms. The predicted molar refractivity (Wildman–Crippen MR) is 42.6 cm³/mol. The van der Waals surface area contributed by atoms with Gasteiger partial charge in [0.2, 0.25) is 11.8 Å². The molecule has 7 heteroatoms. The van der Waals surface area contributed by atoms with Crippen LogP contribution in [0.4, 0.5) is 13.2 Å². The first-order valence-electron chi connectivity index (χ1n) is 4.45. The minimum atomic E-state index is -4.49. The van der Waals surface area contributed by atoms with Gasteiger partial charge in [-0.25, -0.2) is 0 Å². The molecular weight excluding hydrogens is 213 g/mol. The lowest BCUT2D eigenvalue weighted by molar-refractivity contribution is -0.167. The van der Waals surface area contributed by atoms with Gasteiger partial charge in [0, 0.05) is 13.6 Å². The standard InChI is InChI=1S/C8H9F3N2O2/c1-13-6(14)3-2-12-5(8(9,10)11)4(3)7(13)15/h3-5,12H,2H2,1H3. The Morgan fingerprint density at radius 1 is 1.33 bits per heavy atom. The molecule has 3 atom stereocenters. The Balaban J connectivity index is 2.31. The molecule has 2 aliphatic rings. The Morgan fingerprint density at radius 3 is 2.47 bits per heavy atom. The van der Waals surface area contributed by atoms with Crippen LogP contribution in [0.15, 0.2) is 0 Å². The lowest BCUT2D eigenvalue weighted by atomic mass is 9.93. The van der Waals surface area contributed by atoms with E-state index >= 15 is 0 Å². The first-order chi connectivity index (χ1) is 6.84. The van der Waals surface area contributed by atoms with Gasteiger partial charge in [-0.05, 0) is 0 Å². The minimum Gasteiger partial charge on any atom is -0.305 e. The molecular formula is C8H9F3N2O2. The van der Waals surface area contributed by atoms with E-state index in [1.165, 1.54) is 7.05 Å². The molecule has 2 amide bonds. The van der Waals surface area contributed by atoms with Gasteiger partial charge in [0.1, 0.15) is 6.04 Å². The van der Waals surface area contributed by atoms with Gasteiger partial charge in [-0.1, -0.05) is 0 Å². The molecule has 2 saturated heterocycles. The van der Waals surface area contributed by atoms with Crippen LogP contribution >= 0.6 is 0 Å². The summed E-state index contributed by atoms with van der Waals surface area (Å²) in [6.07, 6.45) is -4.49. The molecule has 2 heterocycles. The van der Waals surface area contributed by atoms with Crippen LogP contribution in [0.25, 0.3) is 0 Å². The Hall–Kier alpha value is -1.11. The Labute approximate surface area is 83.4 Å². The number of hydrogen-bond donors (Lipinski definition) is 1. The monoisotopic (exact) mass is 222 g/mol. The number of carbonyl (C=O) groups is 2. The number of fused-ring (bicyclic) bond motifs is 1. The lowest BCUT2D eigenvalue weighted by Crippen LogP contribution is -2.45. The van der Waals surface area contributed by atoms with E-state index in [-0.39, 0.29) is 6.54 Å². The number of amides is 2. The molecule has 0 aromatic rings. The van der Waals surface area contributed by atoms with Crippen molar-refractivity contribution in [2.24, 2.45) is 11.8 Å².